The Balaban J connectivity index is 3.15. The van der Waals surface area contributed by atoms with Gasteiger partial charge in [0.05, 0.1) is 13.2 Å². The Hall–Kier alpha value is -0.453. The second-order valence-corrected chi connectivity index (χ2v) is 2.49. The van der Waals surface area contributed by atoms with E-state index >= 15 is 0 Å². The topological polar surface area (TPSA) is 18.5 Å². The molecule has 1 radical (unpaired) electrons. The summed E-state index contributed by atoms with van der Waals surface area (Å²) in [7, 11) is -2.56. The smallest absolute Gasteiger partial charge is 0.364 e. The highest BCUT2D eigenvalue weighted by Crippen LogP contribution is 1.90. The summed E-state index contributed by atoms with van der Waals surface area (Å²) in [5, 5.41) is 0. The van der Waals surface area contributed by atoms with E-state index in [2.05, 4.69) is 22.0 Å². The zero-order valence-corrected chi connectivity index (χ0v) is 6.68. The third-order valence-corrected chi connectivity index (χ3v) is 1.42. The Bertz CT molecular complexity index is 95.9. The highest BCUT2D eigenvalue weighted by molar-refractivity contribution is 6.35. The van der Waals surface area contributed by atoms with Gasteiger partial charge >= 0.3 is 9.62 Å². The van der Waals surface area contributed by atoms with Gasteiger partial charge in [0.25, 0.3) is 0 Å². The molecule has 0 N–H and O–H groups in total. The molecule has 0 atom stereocenters. The minimum absolute atomic E-state index is 0.196. The van der Waals surface area contributed by atoms with E-state index in [1.165, 1.54) is 12.2 Å². The van der Waals surface area contributed by atoms with Gasteiger partial charge in [-0.25, -0.2) is 4.11 Å². The van der Waals surface area contributed by atoms with Crippen LogP contribution in [0.5, 0.6) is 0 Å². The van der Waals surface area contributed by atoms with E-state index in [0.717, 1.165) is 0 Å². The maximum atomic E-state index is 12.3. The van der Waals surface area contributed by atoms with Crippen molar-refractivity contribution >= 4 is 9.62 Å². The third-order valence-electron chi connectivity index (χ3n) is 0.629. The first-order chi connectivity index (χ1) is 4.81. The van der Waals surface area contributed by atoms with Gasteiger partial charge in [-0.05, 0) is 0 Å². The van der Waals surface area contributed by atoms with Crippen molar-refractivity contribution in [3.8, 4) is 0 Å². The highest BCUT2D eigenvalue weighted by atomic mass is 28.4. The van der Waals surface area contributed by atoms with Crippen molar-refractivity contribution in [1.29, 1.82) is 0 Å². The molecule has 2 nitrogen and oxygen atoms in total. The minimum Gasteiger partial charge on any atom is -0.364 e. The molecule has 0 spiro atoms. The Labute approximate surface area is 62.0 Å². The molecule has 0 saturated heterocycles. The summed E-state index contributed by atoms with van der Waals surface area (Å²) < 4.78 is 21.4. The van der Waals surface area contributed by atoms with Crippen LogP contribution in [0.15, 0.2) is 25.3 Å². The summed E-state index contributed by atoms with van der Waals surface area (Å²) in [6.07, 6.45) is 2.95. The lowest BCUT2D eigenvalue weighted by atomic mass is 10.7. The maximum absolute atomic E-state index is 12.3. The molecule has 57 valence electrons. The van der Waals surface area contributed by atoms with Crippen molar-refractivity contribution in [2.75, 3.05) is 13.2 Å². The van der Waals surface area contributed by atoms with Crippen LogP contribution in [-0.2, 0) is 8.85 Å². The summed E-state index contributed by atoms with van der Waals surface area (Å²) in [6.45, 7) is 7.12. The Morgan fingerprint density at radius 2 is 1.60 bits per heavy atom. The first kappa shape index (κ1) is 9.55. The van der Waals surface area contributed by atoms with Gasteiger partial charge in [0, 0.05) is 0 Å². The fourth-order valence-electron chi connectivity index (χ4n) is 0.291. The molecular weight excluding hydrogens is 151 g/mol. The zero-order chi connectivity index (χ0) is 7.82. The third kappa shape index (κ3) is 5.68. The van der Waals surface area contributed by atoms with Gasteiger partial charge in [-0.1, -0.05) is 12.2 Å². The lowest BCUT2D eigenvalue weighted by molar-refractivity contribution is 0.193. The molecule has 0 aromatic heterocycles. The van der Waals surface area contributed by atoms with Gasteiger partial charge in [0.2, 0.25) is 0 Å². The summed E-state index contributed by atoms with van der Waals surface area (Å²) in [4.78, 5) is 0. The van der Waals surface area contributed by atoms with E-state index in [9.17, 15) is 4.11 Å². The molecule has 0 aliphatic rings. The van der Waals surface area contributed by atoms with Gasteiger partial charge < -0.3 is 8.85 Å². The lowest BCUT2D eigenvalue weighted by Gasteiger charge is -2.01. The average Bonchev–Trinajstić information content (AvgIpc) is 1.97. The number of hydrogen-bond acceptors (Lipinski definition) is 2. The van der Waals surface area contributed by atoms with Gasteiger partial charge in [-0.3, -0.25) is 0 Å². The molecule has 10 heavy (non-hydrogen) atoms. The van der Waals surface area contributed by atoms with Crippen LogP contribution in [-0.4, -0.2) is 22.8 Å². The predicted molar refractivity (Wildman–Crippen MR) is 39.2 cm³/mol. The SMILES string of the molecule is C=CCO[Si](F)OCC=C. The summed E-state index contributed by atoms with van der Waals surface area (Å²) in [5.41, 5.74) is 0. The largest absolute Gasteiger partial charge is 0.620 e. The van der Waals surface area contributed by atoms with Crippen LogP contribution in [0.3, 0.4) is 0 Å². The van der Waals surface area contributed by atoms with Crippen molar-refractivity contribution in [3.63, 3.8) is 0 Å². The molecule has 0 amide bonds. The van der Waals surface area contributed by atoms with Crippen molar-refractivity contribution < 1.29 is 13.0 Å². The van der Waals surface area contributed by atoms with Crippen LogP contribution in [0.4, 0.5) is 4.11 Å². The molecule has 0 saturated carbocycles. The standard InChI is InChI=1S/C6H10FO2Si/c1-3-5-8-10(7)9-6-4-2/h3-4H,1-2,5-6H2. The Kier molecular flexibility index (Phi) is 6.36. The average molecular weight is 161 g/mol. The van der Waals surface area contributed by atoms with Crippen LogP contribution in [0, 0.1) is 0 Å². The number of halogens is 1. The second kappa shape index (κ2) is 6.66. The Morgan fingerprint density at radius 3 is 1.90 bits per heavy atom. The molecule has 0 aromatic rings. The molecule has 0 rings (SSSR count). The predicted octanol–water partition coefficient (Wildman–Crippen LogP) is 1.35. The van der Waals surface area contributed by atoms with Crippen molar-refractivity contribution in [2.24, 2.45) is 0 Å². The van der Waals surface area contributed by atoms with Crippen molar-refractivity contribution in [3.05, 3.63) is 25.3 Å². The first-order valence-corrected chi connectivity index (χ1v) is 4.00. The first-order valence-electron chi connectivity index (χ1n) is 2.81. The normalized spacial score (nSPS) is 9.80. The molecule has 0 unspecified atom stereocenters. The maximum Gasteiger partial charge on any atom is 0.620 e. The van der Waals surface area contributed by atoms with Gasteiger partial charge in [-0.15, -0.1) is 13.2 Å². The van der Waals surface area contributed by atoms with Crippen molar-refractivity contribution in [1.82, 2.24) is 0 Å². The van der Waals surface area contributed by atoms with Crippen LogP contribution >= 0.6 is 0 Å². The molecule has 0 aromatic carbocycles. The van der Waals surface area contributed by atoms with E-state index in [0.29, 0.717) is 0 Å². The second-order valence-electron chi connectivity index (χ2n) is 1.44. The van der Waals surface area contributed by atoms with Crippen LogP contribution in [0.2, 0.25) is 0 Å². The fraction of sp³-hybridized carbons (Fsp3) is 0.333. The Morgan fingerprint density at radius 1 is 1.20 bits per heavy atom. The summed E-state index contributed by atoms with van der Waals surface area (Å²) in [5.74, 6) is 0. The van der Waals surface area contributed by atoms with Gasteiger partial charge in [0.1, 0.15) is 0 Å². The monoisotopic (exact) mass is 161 g/mol. The van der Waals surface area contributed by atoms with E-state index in [1.807, 2.05) is 0 Å². The minimum atomic E-state index is -2.56. The molecule has 4 heteroatoms. The van der Waals surface area contributed by atoms with Gasteiger partial charge in [-0.2, -0.15) is 0 Å². The quantitative estimate of drug-likeness (QED) is 0.332. The molecule has 0 aliphatic heterocycles. The van der Waals surface area contributed by atoms with Crippen LogP contribution < -0.4 is 0 Å². The number of hydrogen-bond donors (Lipinski definition) is 0. The van der Waals surface area contributed by atoms with E-state index in [1.54, 1.807) is 0 Å². The molecular formula is C6H10FO2Si. The van der Waals surface area contributed by atoms with E-state index < -0.39 is 9.62 Å². The van der Waals surface area contributed by atoms with Crippen LogP contribution in [0.25, 0.3) is 0 Å². The highest BCUT2D eigenvalue weighted by Gasteiger charge is 2.13. The van der Waals surface area contributed by atoms with E-state index in [-0.39, 0.29) is 13.2 Å². The zero-order valence-electron chi connectivity index (χ0n) is 5.68. The molecule has 0 bridgehead atoms. The number of rotatable bonds is 6. The lowest BCUT2D eigenvalue weighted by Crippen LogP contribution is -2.17. The fourth-order valence-corrected chi connectivity index (χ4v) is 0.872. The summed E-state index contributed by atoms with van der Waals surface area (Å²) >= 11 is 0. The van der Waals surface area contributed by atoms with Crippen molar-refractivity contribution in [2.45, 2.75) is 0 Å². The van der Waals surface area contributed by atoms with Crippen LogP contribution in [0.1, 0.15) is 0 Å². The molecule has 0 fully saturated rings. The van der Waals surface area contributed by atoms with Gasteiger partial charge in [0.15, 0.2) is 0 Å². The summed E-state index contributed by atoms with van der Waals surface area (Å²) in [6, 6.07) is 0. The van der Waals surface area contributed by atoms with E-state index in [4.69, 9.17) is 0 Å². The molecule has 0 aliphatic carbocycles. The molecule has 0 heterocycles.